The number of fused-ring (bicyclic) bond motifs is 1. The van der Waals surface area contributed by atoms with E-state index in [9.17, 15) is 22.8 Å². The predicted octanol–water partition coefficient (Wildman–Crippen LogP) is 2.34. The molecule has 2 aromatic heterocycles. The van der Waals surface area contributed by atoms with Gasteiger partial charge in [0.25, 0.3) is 5.56 Å². The molecule has 3 aromatic rings. The van der Waals surface area contributed by atoms with E-state index in [1.165, 1.54) is 26.2 Å². The van der Waals surface area contributed by atoms with Gasteiger partial charge in [-0.3, -0.25) is 4.79 Å². The molecule has 1 aromatic carbocycles. The third-order valence-corrected chi connectivity index (χ3v) is 4.64. The summed E-state index contributed by atoms with van der Waals surface area (Å²) in [4.78, 5) is 31.5. The van der Waals surface area contributed by atoms with Crippen LogP contribution in [0.5, 0.6) is 0 Å². The van der Waals surface area contributed by atoms with Crippen LogP contribution in [0.3, 0.4) is 0 Å². The maximum absolute atomic E-state index is 13.7. The van der Waals surface area contributed by atoms with Crippen molar-refractivity contribution in [1.29, 1.82) is 0 Å². The molecule has 156 valence electrons. The van der Waals surface area contributed by atoms with Gasteiger partial charge in [0, 0.05) is 5.69 Å². The van der Waals surface area contributed by atoms with Crippen molar-refractivity contribution in [3.8, 4) is 11.1 Å². The zero-order valence-corrected chi connectivity index (χ0v) is 15.8. The summed E-state index contributed by atoms with van der Waals surface area (Å²) in [5.41, 5.74) is -2.02. The van der Waals surface area contributed by atoms with Crippen molar-refractivity contribution in [2.75, 3.05) is 13.7 Å². The summed E-state index contributed by atoms with van der Waals surface area (Å²) < 4.78 is 51.7. The Morgan fingerprint density at radius 1 is 1.27 bits per heavy atom. The molecule has 0 spiro atoms. The molecule has 0 fully saturated rings. The van der Waals surface area contributed by atoms with Crippen LogP contribution in [0.15, 0.2) is 40.1 Å². The van der Waals surface area contributed by atoms with Crippen LogP contribution in [-0.4, -0.2) is 46.2 Å². The number of carbonyl (C=O) groups is 1. The number of methoxy groups -OCH3 is 1. The molecule has 11 heteroatoms. The number of esters is 1. The Kier molecular flexibility index (Phi) is 4.60. The van der Waals surface area contributed by atoms with E-state index in [-0.39, 0.29) is 40.5 Å². The highest BCUT2D eigenvalue weighted by Gasteiger charge is 2.40. The maximum Gasteiger partial charge on any atom is 0.435 e. The number of alkyl halides is 3. The number of benzene rings is 1. The average Bonchev–Trinajstić information content (AvgIpc) is 3.33. The quantitative estimate of drug-likeness (QED) is 0.656. The molecular weight excluding hydrogens is 405 g/mol. The molecule has 0 saturated heterocycles. The van der Waals surface area contributed by atoms with Crippen molar-refractivity contribution in [3.63, 3.8) is 0 Å². The lowest BCUT2D eigenvalue weighted by molar-refractivity contribution is -0.142. The number of nitrogens with zero attached hydrogens (tertiary/aromatic N) is 3. The van der Waals surface area contributed by atoms with Gasteiger partial charge in [-0.1, -0.05) is 30.3 Å². The summed E-state index contributed by atoms with van der Waals surface area (Å²) in [6.07, 6.45) is -4.79. The minimum atomic E-state index is -4.79. The van der Waals surface area contributed by atoms with Gasteiger partial charge in [-0.2, -0.15) is 22.8 Å². The molecule has 30 heavy (non-hydrogen) atoms. The molecule has 0 bridgehead atoms. The predicted molar refractivity (Wildman–Crippen MR) is 99.3 cm³/mol. The van der Waals surface area contributed by atoms with E-state index < -0.39 is 29.4 Å². The largest absolute Gasteiger partial charge is 0.474 e. The van der Waals surface area contributed by atoms with E-state index in [2.05, 4.69) is 19.8 Å². The number of hydrogen-bond donors (Lipinski definition) is 1. The Labute approximate surface area is 167 Å². The second-order valence-corrected chi connectivity index (χ2v) is 6.56. The van der Waals surface area contributed by atoms with Gasteiger partial charge in [-0.15, -0.1) is 0 Å². The Bertz CT molecular complexity index is 1230. The number of H-pyrrole nitrogens is 1. The lowest BCUT2D eigenvalue weighted by Gasteiger charge is -2.08. The summed E-state index contributed by atoms with van der Waals surface area (Å²) >= 11 is 0. The van der Waals surface area contributed by atoms with Crippen LogP contribution in [-0.2, 0) is 20.4 Å². The third kappa shape index (κ3) is 3.11. The molecule has 1 N–H and O–H groups in total. The summed E-state index contributed by atoms with van der Waals surface area (Å²) in [5.74, 6) is -0.804. The van der Waals surface area contributed by atoms with Crippen LogP contribution < -0.4 is 5.56 Å². The van der Waals surface area contributed by atoms with Gasteiger partial charge in [-0.25, -0.2) is 9.79 Å². The molecule has 4 rings (SSSR count). The van der Waals surface area contributed by atoms with Crippen LogP contribution in [0.4, 0.5) is 13.2 Å². The molecule has 0 saturated carbocycles. The van der Waals surface area contributed by atoms with Crippen LogP contribution in [0.1, 0.15) is 17.0 Å². The lowest BCUT2D eigenvalue weighted by atomic mass is 10.1. The number of aromatic amines is 1. The molecule has 8 nitrogen and oxygen atoms in total. The molecule has 1 aliphatic heterocycles. The highest BCUT2D eigenvalue weighted by Crippen LogP contribution is 2.38. The van der Waals surface area contributed by atoms with Gasteiger partial charge in [0.15, 0.2) is 11.7 Å². The van der Waals surface area contributed by atoms with Gasteiger partial charge in [0.05, 0.1) is 12.7 Å². The Morgan fingerprint density at radius 3 is 2.60 bits per heavy atom. The van der Waals surface area contributed by atoms with E-state index in [0.29, 0.717) is 4.52 Å². The van der Waals surface area contributed by atoms with E-state index in [4.69, 9.17) is 4.74 Å². The fourth-order valence-corrected chi connectivity index (χ4v) is 3.28. The smallest absolute Gasteiger partial charge is 0.435 e. The van der Waals surface area contributed by atoms with Gasteiger partial charge in [0.2, 0.25) is 5.90 Å². The third-order valence-electron chi connectivity index (χ3n) is 4.64. The molecule has 3 heterocycles. The van der Waals surface area contributed by atoms with Crippen molar-refractivity contribution in [2.24, 2.45) is 4.99 Å². The standard InChI is InChI=1S/C19H15F3N4O4/c1-9-12(16-24-11(8-30-16)18(28)29-2)17(27)26-15(23-9)13(10-6-4-3-5-7-10)14(25-26)19(20,21)22/h3-7,11,23H,8H2,1-2H3/t11-/m0/s1. The molecule has 1 aliphatic rings. The molecule has 0 amide bonds. The Balaban J connectivity index is 1.97. The van der Waals surface area contributed by atoms with Gasteiger partial charge < -0.3 is 14.5 Å². The fraction of sp³-hybridized carbons (Fsp3) is 0.263. The van der Waals surface area contributed by atoms with Crippen molar-refractivity contribution < 1.29 is 27.4 Å². The zero-order chi connectivity index (χ0) is 21.6. The molecule has 1 atom stereocenters. The van der Waals surface area contributed by atoms with Crippen molar-refractivity contribution in [3.05, 3.63) is 57.6 Å². The summed E-state index contributed by atoms with van der Waals surface area (Å²) in [6, 6.07) is 6.89. The number of aliphatic imine (C=N–C) groups is 1. The first-order valence-corrected chi connectivity index (χ1v) is 8.79. The van der Waals surface area contributed by atoms with E-state index >= 15 is 0 Å². The van der Waals surface area contributed by atoms with E-state index in [0.717, 1.165) is 0 Å². The Morgan fingerprint density at radius 2 is 1.97 bits per heavy atom. The first-order chi connectivity index (χ1) is 14.2. The van der Waals surface area contributed by atoms with Crippen molar-refractivity contribution in [1.82, 2.24) is 14.6 Å². The number of rotatable bonds is 3. The monoisotopic (exact) mass is 420 g/mol. The fourth-order valence-electron chi connectivity index (χ4n) is 3.28. The maximum atomic E-state index is 13.7. The number of aryl methyl sites for hydroxylation is 1. The summed E-state index contributed by atoms with van der Waals surface area (Å²) in [6.45, 7) is 1.37. The lowest BCUT2D eigenvalue weighted by Crippen LogP contribution is -2.26. The van der Waals surface area contributed by atoms with E-state index in [1.54, 1.807) is 18.2 Å². The van der Waals surface area contributed by atoms with E-state index in [1.807, 2.05) is 0 Å². The van der Waals surface area contributed by atoms with Crippen LogP contribution >= 0.6 is 0 Å². The number of hydrogen-bond acceptors (Lipinski definition) is 6. The van der Waals surface area contributed by atoms with Crippen LogP contribution in [0.2, 0.25) is 0 Å². The van der Waals surface area contributed by atoms with Gasteiger partial charge >= 0.3 is 12.1 Å². The van der Waals surface area contributed by atoms with Gasteiger partial charge in [-0.05, 0) is 12.5 Å². The summed E-state index contributed by atoms with van der Waals surface area (Å²) in [7, 11) is 1.19. The molecule has 0 aliphatic carbocycles. The number of nitrogens with one attached hydrogen (secondary N) is 1. The topological polar surface area (TPSA) is 98.0 Å². The first kappa shape index (κ1) is 19.7. The second-order valence-electron chi connectivity index (χ2n) is 6.56. The van der Waals surface area contributed by atoms with Gasteiger partial charge in [0.1, 0.15) is 17.8 Å². The normalized spacial score (nSPS) is 16.4. The summed E-state index contributed by atoms with van der Waals surface area (Å²) in [5, 5.41) is 3.55. The number of ether oxygens (including phenoxy) is 2. The SMILES string of the molecule is COC(=O)[C@@H]1COC(c2c(C)[nH]c3c(-c4ccccc4)c(C(F)(F)F)nn3c2=O)=N1. The van der Waals surface area contributed by atoms with Crippen LogP contribution in [0.25, 0.3) is 16.8 Å². The van der Waals surface area contributed by atoms with Crippen molar-refractivity contribution >= 4 is 17.5 Å². The minimum absolute atomic E-state index is 0.107. The molecule has 0 radical (unpaired) electrons. The molecule has 0 unspecified atom stereocenters. The number of aromatic nitrogens is 3. The minimum Gasteiger partial charge on any atom is -0.474 e. The second kappa shape index (κ2) is 7.01. The Hall–Kier alpha value is -3.63. The highest BCUT2D eigenvalue weighted by atomic mass is 19.4. The average molecular weight is 420 g/mol. The van der Waals surface area contributed by atoms with Crippen LogP contribution in [0, 0.1) is 6.92 Å². The first-order valence-electron chi connectivity index (χ1n) is 8.79. The highest BCUT2D eigenvalue weighted by molar-refractivity contribution is 5.98. The number of carbonyl (C=O) groups excluding carboxylic acids is 1. The van der Waals surface area contributed by atoms with Crippen molar-refractivity contribution in [2.45, 2.75) is 19.1 Å². The zero-order valence-electron chi connectivity index (χ0n) is 15.8. The number of halogens is 3. The molecular formula is C19H15F3N4O4.